The molecule has 1 N–H and O–H groups in total. The fourth-order valence-electron chi connectivity index (χ4n) is 3.84. The fourth-order valence-corrected chi connectivity index (χ4v) is 3.84. The fraction of sp³-hybridized carbons (Fsp3) is 0.526. The van der Waals surface area contributed by atoms with E-state index >= 15 is 0 Å². The predicted octanol–water partition coefficient (Wildman–Crippen LogP) is 2.45. The van der Waals surface area contributed by atoms with Gasteiger partial charge in [-0.3, -0.25) is 9.78 Å². The normalized spacial score (nSPS) is 23.6. The molecule has 0 aromatic carbocycles. The summed E-state index contributed by atoms with van der Waals surface area (Å²) in [6.45, 7) is 4.97. The van der Waals surface area contributed by atoms with Gasteiger partial charge in [0, 0.05) is 49.3 Å². The maximum atomic E-state index is 12.6. The highest BCUT2D eigenvalue weighted by atomic mass is 16.2. The van der Waals surface area contributed by atoms with Gasteiger partial charge in [-0.05, 0) is 38.3 Å². The summed E-state index contributed by atoms with van der Waals surface area (Å²) < 4.78 is 2.17. The molecule has 4 rings (SSSR count). The topological polar surface area (TPSA) is 63.1 Å². The zero-order chi connectivity index (χ0) is 17.4. The Bertz CT molecular complexity index is 737. The van der Waals surface area contributed by atoms with E-state index in [1.807, 2.05) is 24.7 Å². The Hall–Kier alpha value is -2.21. The van der Waals surface area contributed by atoms with Crippen molar-refractivity contribution < 1.29 is 4.79 Å². The molecule has 2 aromatic heterocycles. The number of rotatable bonds is 6. The highest BCUT2D eigenvalue weighted by molar-refractivity contribution is 5.81. The summed E-state index contributed by atoms with van der Waals surface area (Å²) in [5.74, 6) is 1.26. The zero-order valence-corrected chi connectivity index (χ0v) is 14.8. The maximum Gasteiger partial charge on any atom is 0.225 e. The van der Waals surface area contributed by atoms with Gasteiger partial charge in [0.1, 0.15) is 5.82 Å². The summed E-state index contributed by atoms with van der Waals surface area (Å²) in [6, 6.07) is 4.97. The van der Waals surface area contributed by atoms with Crippen molar-refractivity contribution in [3.8, 4) is 0 Å². The van der Waals surface area contributed by atoms with Crippen LogP contribution in [0.1, 0.15) is 56.6 Å². The molecule has 0 unspecified atom stereocenters. The Morgan fingerprint density at radius 3 is 2.84 bits per heavy atom. The number of pyridine rings is 1. The van der Waals surface area contributed by atoms with Crippen molar-refractivity contribution >= 4 is 5.91 Å². The molecule has 0 spiro atoms. The molecule has 1 aliphatic heterocycles. The number of likely N-dealkylation sites (tertiary alicyclic amines) is 1. The molecule has 2 aliphatic rings. The maximum absolute atomic E-state index is 12.6. The van der Waals surface area contributed by atoms with Crippen LogP contribution in [0.3, 0.4) is 0 Å². The zero-order valence-electron chi connectivity index (χ0n) is 14.8. The highest BCUT2D eigenvalue weighted by Crippen LogP contribution is 2.41. The van der Waals surface area contributed by atoms with E-state index < -0.39 is 0 Å². The van der Waals surface area contributed by atoms with Crippen molar-refractivity contribution in [3.05, 3.63) is 48.3 Å². The van der Waals surface area contributed by atoms with Crippen molar-refractivity contribution in [3.63, 3.8) is 0 Å². The quantitative estimate of drug-likeness (QED) is 0.878. The third-order valence-corrected chi connectivity index (χ3v) is 5.16. The number of amides is 1. The standard InChI is InChI=1S/C19H25N5O/c1-13(2)23-9-8-21-17(23)12-22-16-10-18(25)24(15-5-6-15)19(16)14-4-3-7-20-11-14/h3-4,7-9,11,13,15-16,19,22H,5-6,10,12H2,1-2H3/t16-,19+/m1/s1. The van der Waals surface area contributed by atoms with Crippen LogP contribution in [0.5, 0.6) is 0 Å². The van der Waals surface area contributed by atoms with E-state index in [-0.39, 0.29) is 18.0 Å². The molecule has 2 aromatic rings. The van der Waals surface area contributed by atoms with Crippen LogP contribution >= 0.6 is 0 Å². The van der Waals surface area contributed by atoms with E-state index in [1.165, 1.54) is 0 Å². The van der Waals surface area contributed by atoms with Gasteiger partial charge in [-0.1, -0.05) is 6.07 Å². The van der Waals surface area contributed by atoms with Crippen molar-refractivity contribution in [2.75, 3.05) is 0 Å². The van der Waals surface area contributed by atoms with Gasteiger partial charge in [0.2, 0.25) is 5.91 Å². The number of nitrogens with one attached hydrogen (secondary N) is 1. The molecule has 3 heterocycles. The third kappa shape index (κ3) is 3.18. The lowest BCUT2D eigenvalue weighted by molar-refractivity contribution is -0.129. The van der Waals surface area contributed by atoms with E-state index in [0.29, 0.717) is 25.0 Å². The van der Waals surface area contributed by atoms with Gasteiger partial charge >= 0.3 is 0 Å². The lowest BCUT2D eigenvalue weighted by Crippen LogP contribution is -2.37. The number of imidazole rings is 1. The van der Waals surface area contributed by atoms with Gasteiger partial charge in [0.15, 0.2) is 0 Å². The molecule has 0 bridgehead atoms. The summed E-state index contributed by atoms with van der Waals surface area (Å²) in [6.07, 6.45) is 10.3. The number of nitrogens with zero attached hydrogens (tertiary/aromatic N) is 4. The van der Waals surface area contributed by atoms with Crippen LogP contribution in [0.15, 0.2) is 36.9 Å². The molecule has 6 heteroatoms. The molecular formula is C19H25N5O. The van der Waals surface area contributed by atoms with E-state index in [0.717, 1.165) is 24.2 Å². The van der Waals surface area contributed by atoms with Gasteiger partial charge in [-0.15, -0.1) is 0 Å². The van der Waals surface area contributed by atoms with Crippen LogP contribution in [-0.2, 0) is 11.3 Å². The summed E-state index contributed by atoms with van der Waals surface area (Å²) >= 11 is 0. The Morgan fingerprint density at radius 2 is 2.16 bits per heavy atom. The summed E-state index contributed by atoms with van der Waals surface area (Å²) in [5, 5.41) is 3.60. The average Bonchev–Trinajstić information content (AvgIpc) is 3.22. The molecule has 6 nitrogen and oxygen atoms in total. The third-order valence-electron chi connectivity index (χ3n) is 5.16. The van der Waals surface area contributed by atoms with E-state index in [1.54, 1.807) is 6.20 Å². The monoisotopic (exact) mass is 339 g/mol. The number of hydrogen-bond acceptors (Lipinski definition) is 4. The smallest absolute Gasteiger partial charge is 0.225 e. The molecule has 0 radical (unpaired) electrons. The van der Waals surface area contributed by atoms with Gasteiger partial charge in [-0.25, -0.2) is 4.98 Å². The summed E-state index contributed by atoms with van der Waals surface area (Å²) in [4.78, 5) is 23.5. The number of carbonyl (C=O) groups excluding carboxylic acids is 1. The van der Waals surface area contributed by atoms with Gasteiger partial charge in [0.05, 0.1) is 12.6 Å². The first-order valence-electron chi connectivity index (χ1n) is 9.11. The molecule has 1 aliphatic carbocycles. The molecule has 1 saturated carbocycles. The van der Waals surface area contributed by atoms with Crippen molar-refractivity contribution in [2.45, 2.75) is 63.8 Å². The minimum absolute atomic E-state index is 0.0659. The first-order valence-corrected chi connectivity index (χ1v) is 9.11. The number of hydrogen-bond donors (Lipinski definition) is 1. The Morgan fingerprint density at radius 1 is 1.32 bits per heavy atom. The Labute approximate surface area is 148 Å². The molecule has 2 fully saturated rings. The van der Waals surface area contributed by atoms with Crippen LogP contribution in [0.2, 0.25) is 0 Å². The van der Waals surface area contributed by atoms with Crippen LogP contribution in [0, 0.1) is 0 Å². The Kier molecular flexibility index (Phi) is 4.29. The van der Waals surface area contributed by atoms with Crippen molar-refractivity contribution in [1.29, 1.82) is 0 Å². The SMILES string of the molecule is CC(C)n1ccnc1CN[C@@H]1CC(=O)N(C2CC2)[C@H]1c1cccnc1. The molecule has 2 atom stereocenters. The van der Waals surface area contributed by atoms with Crippen molar-refractivity contribution in [2.24, 2.45) is 0 Å². The lowest BCUT2D eigenvalue weighted by Gasteiger charge is -2.29. The summed E-state index contributed by atoms with van der Waals surface area (Å²) in [5.41, 5.74) is 1.12. The van der Waals surface area contributed by atoms with Crippen LogP contribution in [-0.4, -0.2) is 37.4 Å². The molecule has 25 heavy (non-hydrogen) atoms. The second kappa shape index (κ2) is 6.59. The van der Waals surface area contributed by atoms with E-state index in [9.17, 15) is 4.79 Å². The molecular weight excluding hydrogens is 314 g/mol. The highest BCUT2D eigenvalue weighted by Gasteiger charge is 2.47. The van der Waals surface area contributed by atoms with Crippen LogP contribution < -0.4 is 5.32 Å². The average molecular weight is 339 g/mol. The Balaban J connectivity index is 1.55. The first-order chi connectivity index (χ1) is 12.1. The largest absolute Gasteiger partial charge is 0.331 e. The van der Waals surface area contributed by atoms with Crippen LogP contribution in [0.4, 0.5) is 0 Å². The van der Waals surface area contributed by atoms with E-state index in [4.69, 9.17) is 0 Å². The van der Waals surface area contributed by atoms with Crippen LogP contribution in [0.25, 0.3) is 0 Å². The number of aromatic nitrogens is 3. The lowest BCUT2D eigenvalue weighted by atomic mass is 10.0. The molecule has 1 amide bonds. The van der Waals surface area contributed by atoms with Crippen molar-refractivity contribution in [1.82, 2.24) is 24.8 Å². The minimum Gasteiger partial charge on any atom is -0.331 e. The number of carbonyl (C=O) groups is 1. The minimum atomic E-state index is 0.0659. The second-order valence-electron chi connectivity index (χ2n) is 7.30. The molecule has 132 valence electrons. The van der Waals surface area contributed by atoms with Gasteiger partial charge in [-0.2, -0.15) is 0 Å². The summed E-state index contributed by atoms with van der Waals surface area (Å²) in [7, 11) is 0. The second-order valence-corrected chi connectivity index (χ2v) is 7.30. The predicted molar refractivity (Wildman–Crippen MR) is 94.7 cm³/mol. The first kappa shape index (κ1) is 16.3. The van der Waals surface area contributed by atoms with E-state index in [2.05, 4.69) is 44.7 Å². The molecule has 1 saturated heterocycles. The van der Waals surface area contributed by atoms with Gasteiger partial charge in [0.25, 0.3) is 0 Å². The van der Waals surface area contributed by atoms with Gasteiger partial charge < -0.3 is 14.8 Å².